The quantitative estimate of drug-likeness (QED) is 0.133. The Morgan fingerprint density at radius 2 is 0.523 bits per heavy atom. The molecular weight excluding hydrogens is 1060 g/mol. The molecule has 0 saturated heterocycles. The predicted octanol–water partition coefficient (Wildman–Crippen LogP) is 22.9. The average molecular weight is 1120 g/mol. The molecule has 2 aliphatic carbocycles. The lowest BCUT2D eigenvalue weighted by Crippen LogP contribution is -2.32. The van der Waals surface area contributed by atoms with Crippen LogP contribution in [0.4, 0.5) is 0 Å². The first kappa shape index (κ1) is 51.7. The van der Waals surface area contributed by atoms with Crippen LogP contribution in [0, 0.1) is 27.7 Å². The molecule has 0 fully saturated rings. The Morgan fingerprint density at radius 1 is 0.193 bits per heavy atom. The van der Waals surface area contributed by atoms with Crippen LogP contribution in [0.5, 0.6) is 0 Å². The summed E-state index contributed by atoms with van der Waals surface area (Å²) in [6.07, 6.45) is 0. The fraction of sp³-hybridized carbons (Fsp3) is 0.0682. The van der Waals surface area contributed by atoms with Crippen molar-refractivity contribution < 1.29 is 0 Å². The van der Waals surface area contributed by atoms with Gasteiger partial charge in [0.05, 0.1) is 10.8 Å². The fourth-order valence-electron chi connectivity index (χ4n) is 16.0. The predicted molar refractivity (Wildman–Crippen MR) is 372 cm³/mol. The second kappa shape index (κ2) is 20.0. The molecule has 88 heavy (non-hydrogen) atoms. The molecule has 0 unspecified atom stereocenters. The number of rotatable bonds is 8. The fourth-order valence-corrected chi connectivity index (χ4v) is 16.0. The van der Waals surface area contributed by atoms with E-state index >= 15 is 0 Å². The smallest absolute Gasteiger partial charge is 0.0622 e. The average Bonchev–Trinajstić information content (AvgIpc) is 1.51. The number of fused-ring (bicyclic) bond motifs is 10. The van der Waals surface area contributed by atoms with Crippen molar-refractivity contribution in [3.63, 3.8) is 0 Å². The summed E-state index contributed by atoms with van der Waals surface area (Å²) in [6, 6.07) is 116. The standard InChI is InChI=1S/C88H62/c1-55-32-44-73-74-45-33-56(2)49-82(74)87(81(73)48-55,65-40-36-59(37-41-65)69-28-16-30-77-79(69)52-63-22-11-13-26-71(63)85(77)61-18-7-5-8-19-61)67-24-15-25-68(54-67)88(83-50-57(3)34-46-75(83)76-47-35-58(4)51-84(76)88)66-42-38-60(39-43-66)70-29-17-31-78-80(70)53-64-23-12-14-27-72(64)86(78)62-20-9-6-10-21-62/h5-54H,1-4H3. The third-order valence-electron chi connectivity index (χ3n) is 19.8. The van der Waals surface area contributed by atoms with Gasteiger partial charge in [-0.05, 0) is 194 Å². The van der Waals surface area contributed by atoms with Gasteiger partial charge in [-0.2, -0.15) is 0 Å². The molecule has 0 radical (unpaired) electrons. The Kier molecular flexibility index (Phi) is 11.7. The van der Waals surface area contributed by atoms with E-state index in [-0.39, 0.29) is 0 Å². The molecule has 414 valence electrons. The summed E-state index contributed by atoms with van der Waals surface area (Å²) >= 11 is 0. The van der Waals surface area contributed by atoms with E-state index in [1.54, 1.807) is 0 Å². The second-order valence-electron chi connectivity index (χ2n) is 24.9. The summed E-state index contributed by atoms with van der Waals surface area (Å²) in [4.78, 5) is 0. The number of benzene rings is 15. The van der Waals surface area contributed by atoms with E-state index in [1.807, 2.05) is 0 Å². The molecule has 0 spiro atoms. The number of hydrogen-bond acceptors (Lipinski definition) is 0. The van der Waals surface area contributed by atoms with E-state index in [1.165, 1.54) is 177 Å². The molecule has 0 aromatic heterocycles. The molecule has 0 amide bonds. The highest BCUT2D eigenvalue weighted by molar-refractivity contribution is 6.17. The summed E-state index contributed by atoms with van der Waals surface area (Å²) in [6.45, 7) is 9.02. The maximum Gasteiger partial charge on any atom is 0.0713 e. The van der Waals surface area contributed by atoms with E-state index in [0.29, 0.717) is 0 Å². The minimum absolute atomic E-state index is 0.668. The minimum Gasteiger partial charge on any atom is -0.0622 e. The third kappa shape index (κ3) is 7.65. The van der Waals surface area contributed by atoms with Crippen molar-refractivity contribution in [3.8, 4) is 66.8 Å². The van der Waals surface area contributed by atoms with Gasteiger partial charge in [0.1, 0.15) is 0 Å². The van der Waals surface area contributed by atoms with E-state index in [0.717, 1.165) is 0 Å². The number of hydrogen-bond donors (Lipinski definition) is 0. The highest BCUT2D eigenvalue weighted by Gasteiger charge is 2.50. The van der Waals surface area contributed by atoms with Crippen LogP contribution in [0.1, 0.15) is 66.8 Å². The van der Waals surface area contributed by atoms with Gasteiger partial charge in [0.2, 0.25) is 0 Å². The molecule has 0 saturated carbocycles. The zero-order valence-corrected chi connectivity index (χ0v) is 49.9. The Labute approximate surface area is 515 Å². The van der Waals surface area contributed by atoms with E-state index in [4.69, 9.17) is 0 Å². The van der Waals surface area contributed by atoms with Gasteiger partial charge < -0.3 is 0 Å². The first-order chi connectivity index (χ1) is 43.2. The third-order valence-corrected chi connectivity index (χ3v) is 19.8. The molecule has 0 bridgehead atoms. The van der Waals surface area contributed by atoms with Crippen molar-refractivity contribution in [3.05, 3.63) is 370 Å². The minimum atomic E-state index is -0.668. The molecule has 0 heterocycles. The van der Waals surface area contributed by atoms with Gasteiger partial charge >= 0.3 is 0 Å². The largest absolute Gasteiger partial charge is 0.0713 e. The molecule has 0 heteroatoms. The maximum atomic E-state index is 2.61. The van der Waals surface area contributed by atoms with Gasteiger partial charge in [-0.15, -0.1) is 0 Å². The number of aryl methyl sites for hydroxylation is 4. The van der Waals surface area contributed by atoms with Gasteiger partial charge in [0.25, 0.3) is 0 Å². The van der Waals surface area contributed by atoms with Crippen molar-refractivity contribution in [2.24, 2.45) is 0 Å². The second-order valence-corrected chi connectivity index (χ2v) is 24.9. The molecule has 0 atom stereocenters. The van der Waals surface area contributed by atoms with E-state index in [2.05, 4.69) is 331 Å². The molecule has 0 N–H and O–H groups in total. The highest BCUT2D eigenvalue weighted by atomic mass is 14.5. The molecule has 0 nitrogen and oxygen atoms in total. The van der Waals surface area contributed by atoms with Crippen LogP contribution >= 0.6 is 0 Å². The summed E-state index contributed by atoms with van der Waals surface area (Å²) < 4.78 is 0. The van der Waals surface area contributed by atoms with Gasteiger partial charge in [0.15, 0.2) is 0 Å². The van der Waals surface area contributed by atoms with Gasteiger partial charge in [-0.3, -0.25) is 0 Å². The Hall–Kier alpha value is -10.7. The molecule has 0 aliphatic heterocycles. The van der Waals surface area contributed by atoms with Crippen LogP contribution in [0.15, 0.2) is 303 Å². The summed E-state index contributed by atoms with van der Waals surface area (Å²) in [5.41, 5.74) is 28.9. The van der Waals surface area contributed by atoms with Crippen molar-refractivity contribution in [2.45, 2.75) is 38.5 Å². The summed E-state index contributed by atoms with van der Waals surface area (Å²) in [5, 5.41) is 10.0. The van der Waals surface area contributed by atoms with Crippen LogP contribution in [0.3, 0.4) is 0 Å². The van der Waals surface area contributed by atoms with Crippen LogP contribution in [-0.2, 0) is 10.8 Å². The highest BCUT2D eigenvalue weighted by Crippen LogP contribution is 2.61. The first-order valence-electron chi connectivity index (χ1n) is 31.0. The van der Waals surface area contributed by atoms with Crippen molar-refractivity contribution in [1.82, 2.24) is 0 Å². The Balaban J connectivity index is 0.887. The van der Waals surface area contributed by atoms with Gasteiger partial charge in [-0.25, -0.2) is 0 Å². The molecule has 2 aliphatic rings. The van der Waals surface area contributed by atoms with Crippen LogP contribution < -0.4 is 0 Å². The van der Waals surface area contributed by atoms with Crippen LogP contribution in [0.2, 0.25) is 0 Å². The molecular formula is C88H62. The lowest BCUT2D eigenvalue weighted by molar-refractivity contribution is 0.738. The Bertz CT molecular complexity index is 4900. The zero-order chi connectivity index (χ0) is 58.8. The Morgan fingerprint density at radius 3 is 0.898 bits per heavy atom. The molecule has 15 aromatic rings. The molecule has 15 aromatic carbocycles. The lowest BCUT2D eigenvalue weighted by Gasteiger charge is -2.38. The zero-order valence-electron chi connectivity index (χ0n) is 49.9. The summed E-state index contributed by atoms with van der Waals surface area (Å²) in [5.74, 6) is 0. The van der Waals surface area contributed by atoms with E-state index in [9.17, 15) is 0 Å². The van der Waals surface area contributed by atoms with E-state index < -0.39 is 10.8 Å². The lowest BCUT2D eigenvalue weighted by atomic mass is 9.63. The normalized spacial score (nSPS) is 13.4. The topological polar surface area (TPSA) is 0 Å². The van der Waals surface area contributed by atoms with Crippen molar-refractivity contribution in [1.29, 1.82) is 0 Å². The van der Waals surface area contributed by atoms with Gasteiger partial charge in [0, 0.05) is 0 Å². The monoisotopic (exact) mass is 1120 g/mol. The van der Waals surface area contributed by atoms with Crippen molar-refractivity contribution >= 4 is 43.1 Å². The summed E-state index contributed by atoms with van der Waals surface area (Å²) in [7, 11) is 0. The SMILES string of the molecule is Cc1ccc2c(c1)C(c1ccc(-c3cccc4c(-c5ccccc5)c5ccccc5cc34)cc1)(c1cccc(C3(c4ccc(-c5cccc6c(-c7ccccc7)c7ccccc7cc56)cc4)c4cc(C)ccc4-c4ccc(C)cc43)c1)c1cc(C)ccc1-2. The molecule has 17 rings (SSSR count). The van der Waals surface area contributed by atoms with Gasteiger partial charge in [-0.1, -0.05) is 313 Å². The van der Waals surface area contributed by atoms with Crippen molar-refractivity contribution in [2.75, 3.05) is 0 Å². The van der Waals surface area contributed by atoms with Crippen LogP contribution in [-0.4, -0.2) is 0 Å². The maximum absolute atomic E-state index is 2.61. The van der Waals surface area contributed by atoms with Crippen LogP contribution in [0.25, 0.3) is 110 Å². The first-order valence-corrected chi connectivity index (χ1v) is 31.0.